The number of aliphatic hydroxyl groups is 1. The Morgan fingerprint density at radius 2 is 1.82 bits per heavy atom. The molecular formula is C20H31ClN2O4S. The normalized spacial score (nSPS) is 25.8. The molecule has 28 heavy (non-hydrogen) atoms. The van der Waals surface area contributed by atoms with Crippen molar-refractivity contribution < 1.29 is 18.3 Å². The van der Waals surface area contributed by atoms with E-state index in [0.717, 1.165) is 47.7 Å². The molecule has 2 saturated heterocycles. The quantitative estimate of drug-likeness (QED) is 0.777. The Hall–Kier alpha value is -0.860. The number of sulfonamides is 1. The van der Waals surface area contributed by atoms with Crippen LogP contribution in [-0.4, -0.2) is 73.4 Å². The lowest BCUT2D eigenvalue weighted by Crippen LogP contribution is -2.56. The summed E-state index contributed by atoms with van der Waals surface area (Å²) in [5, 5.41) is 11.9. The number of hydrogen-bond acceptors (Lipinski definition) is 5. The highest BCUT2D eigenvalue weighted by atomic mass is 35.5. The van der Waals surface area contributed by atoms with Gasteiger partial charge in [-0.15, -0.1) is 0 Å². The molecule has 1 N–H and O–H groups in total. The molecule has 2 aliphatic rings. The van der Waals surface area contributed by atoms with Crippen molar-refractivity contribution in [2.24, 2.45) is 0 Å². The lowest BCUT2D eigenvalue weighted by Gasteiger charge is -2.44. The fourth-order valence-corrected chi connectivity index (χ4v) is 5.31. The highest BCUT2D eigenvalue weighted by Crippen LogP contribution is 2.30. The Morgan fingerprint density at radius 1 is 1.21 bits per heavy atom. The highest BCUT2D eigenvalue weighted by molar-refractivity contribution is 7.88. The average molecular weight is 431 g/mol. The first-order valence-electron chi connectivity index (χ1n) is 9.88. The van der Waals surface area contributed by atoms with Crippen LogP contribution in [0.4, 0.5) is 0 Å². The molecular weight excluding hydrogens is 400 g/mol. The fraction of sp³-hybridized carbons (Fsp3) is 0.700. The molecule has 0 bridgehead atoms. The van der Waals surface area contributed by atoms with Gasteiger partial charge in [0, 0.05) is 30.7 Å². The summed E-state index contributed by atoms with van der Waals surface area (Å²) in [7, 11) is -3.12. The third kappa shape index (κ3) is 5.19. The average Bonchev–Trinajstić information content (AvgIpc) is 2.64. The summed E-state index contributed by atoms with van der Waals surface area (Å²) >= 11 is 6.22. The standard InChI is InChI=1S/C20H31ClN2O4S/c1-15-11-18(12-16(2)19(15)21)27-14-20(24)7-4-8-22(13-20)17-5-9-23(10-6-17)28(3,25)26/h11-12,17,24H,4-10,13-14H2,1-3H3. The predicted octanol–water partition coefficient (Wildman–Crippen LogP) is 2.59. The third-order valence-corrected chi connectivity index (χ3v) is 7.81. The molecule has 2 heterocycles. The van der Waals surface area contributed by atoms with Crippen LogP contribution >= 0.6 is 11.6 Å². The molecule has 1 aromatic carbocycles. The molecule has 0 aliphatic carbocycles. The summed E-state index contributed by atoms with van der Waals surface area (Å²) in [5.41, 5.74) is 1.03. The van der Waals surface area contributed by atoms with E-state index in [0.29, 0.717) is 32.1 Å². The second kappa shape index (κ2) is 8.48. The van der Waals surface area contributed by atoms with Crippen LogP contribution in [0.5, 0.6) is 5.75 Å². The molecule has 158 valence electrons. The van der Waals surface area contributed by atoms with Gasteiger partial charge in [-0.05, 0) is 69.3 Å². The van der Waals surface area contributed by atoms with Crippen molar-refractivity contribution in [3.63, 3.8) is 0 Å². The molecule has 0 radical (unpaired) electrons. The number of benzene rings is 1. The van der Waals surface area contributed by atoms with Crippen molar-refractivity contribution in [2.45, 2.75) is 51.2 Å². The van der Waals surface area contributed by atoms with Gasteiger partial charge in [-0.2, -0.15) is 0 Å². The summed E-state index contributed by atoms with van der Waals surface area (Å²) in [6.45, 7) is 6.74. The summed E-state index contributed by atoms with van der Waals surface area (Å²) < 4.78 is 30.9. The maximum Gasteiger partial charge on any atom is 0.211 e. The van der Waals surface area contributed by atoms with Gasteiger partial charge in [0.1, 0.15) is 18.0 Å². The van der Waals surface area contributed by atoms with Crippen LogP contribution in [0, 0.1) is 13.8 Å². The summed E-state index contributed by atoms with van der Waals surface area (Å²) in [5.74, 6) is 0.728. The van der Waals surface area contributed by atoms with E-state index >= 15 is 0 Å². The smallest absolute Gasteiger partial charge is 0.211 e. The number of likely N-dealkylation sites (tertiary alicyclic amines) is 1. The molecule has 8 heteroatoms. The molecule has 1 aromatic rings. The number of hydrogen-bond donors (Lipinski definition) is 1. The van der Waals surface area contributed by atoms with Crippen LogP contribution in [0.1, 0.15) is 36.8 Å². The van der Waals surface area contributed by atoms with Crippen molar-refractivity contribution in [1.29, 1.82) is 0 Å². The van der Waals surface area contributed by atoms with Gasteiger partial charge in [-0.1, -0.05) is 11.6 Å². The van der Waals surface area contributed by atoms with Gasteiger partial charge in [-0.3, -0.25) is 4.90 Å². The highest BCUT2D eigenvalue weighted by Gasteiger charge is 2.38. The molecule has 0 amide bonds. The number of β-amino-alcohol motifs (C(OH)–C–C–N with tert-alkyl or cyclic N) is 1. The van der Waals surface area contributed by atoms with E-state index in [9.17, 15) is 13.5 Å². The Morgan fingerprint density at radius 3 is 2.39 bits per heavy atom. The van der Waals surface area contributed by atoms with Gasteiger partial charge in [0.25, 0.3) is 0 Å². The monoisotopic (exact) mass is 430 g/mol. The van der Waals surface area contributed by atoms with Gasteiger partial charge in [0.15, 0.2) is 0 Å². The molecule has 0 spiro atoms. The molecule has 3 rings (SSSR count). The topological polar surface area (TPSA) is 70.1 Å². The minimum atomic E-state index is -3.12. The summed E-state index contributed by atoms with van der Waals surface area (Å²) in [6.07, 6.45) is 4.49. The van der Waals surface area contributed by atoms with E-state index in [1.54, 1.807) is 4.31 Å². The maximum atomic E-state index is 11.7. The van der Waals surface area contributed by atoms with E-state index < -0.39 is 15.6 Å². The number of piperidine rings is 2. The lowest BCUT2D eigenvalue weighted by molar-refractivity contribution is -0.0740. The Balaban J connectivity index is 1.58. The van der Waals surface area contributed by atoms with Crippen molar-refractivity contribution in [3.05, 3.63) is 28.3 Å². The molecule has 2 fully saturated rings. The lowest BCUT2D eigenvalue weighted by atomic mass is 9.91. The third-order valence-electron chi connectivity index (χ3n) is 5.91. The first kappa shape index (κ1) is 21.8. The first-order valence-corrected chi connectivity index (χ1v) is 12.1. The molecule has 6 nitrogen and oxygen atoms in total. The second-order valence-corrected chi connectivity index (χ2v) is 10.7. The molecule has 1 unspecified atom stereocenters. The maximum absolute atomic E-state index is 11.7. The Labute approximate surface area is 173 Å². The van der Waals surface area contributed by atoms with Gasteiger partial charge >= 0.3 is 0 Å². The van der Waals surface area contributed by atoms with Gasteiger partial charge in [0.05, 0.1) is 6.26 Å². The zero-order chi connectivity index (χ0) is 20.5. The van der Waals surface area contributed by atoms with Crippen molar-refractivity contribution >= 4 is 21.6 Å². The minimum Gasteiger partial charge on any atom is -0.491 e. The predicted molar refractivity (Wildman–Crippen MR) is 112 cm³/mol. The van der Waals surface area contributed by atoms with Crippen LogP contribution in [0.2, 0.25) is 5.02 Å². The van der Waals surface area contributed by atoms with Gasteiger partial charge < -0.3 is 9.84 Å². The Bertz CT molecular complexity index is 785. The molecule has 0 saturated carbocycles. The largest absolute Gasteiger partial charge is 0.491 e. The number of aryl methyl sites for hydroxylation is 2. The van der Waals surface area contributed by atoms with E-state index in [-0.39, 0.29) is 6.61 Å². The fourth-order valence-electron chi connectivity index (χ4n) is 4.32. The van der Waals surface area contributed by atoms with Crippen LogP contribution in [0.3, 0.4) is 0 Å². The molecule has 0 aromatic heterocycles. The van der Waals surface area contributed by atoms with E-state index in [4.69, 9.17) is 16.3 Å². The van der Waals surface area contributed by atoms with Crippen LogP contribution in [0.25, 0.3) is 0 Å². The van der Waals surface area contributed by atoms with Crippen LogP contribution in [-0.2, 0) is 10.0 Å². The van der Waals surface area contributed by atoms with E-state index in [1.807, 2.05) is 26.0 Å². The zero-order valence-electron chi connectivity index (χ0n) is 16.9. The number of rotatable bonds is 5. The van der Waals surface area contributed by atoms with Crippen molar-refractivity contribution in [1.82, 2.24) is 9.21 Å². The van der Waals surface area contributed by atoms with E-state index in [1.165, 1.54) is 6.26 Å². The Kier molecular flexibility index (Phi) is 6.61. The number of nitrogens with zero attached hydrogens (tertiary/aromatic N) is 2. The molecule has 1 atom stereocenters. The first-order chi connectivity index (χ1) is 13.1. The van der Waals surface area contributed by atoms with Crippen LogP contribution in [0.15, 0.2) is 12.1 Å². The SMILES string of the molecule is Cc1cc(OCC2(O)CCCN(C3CCN(S(C)(=O)=O)CC3)C2)cc(C)c1Cl. The second-order valence-electron chi connectivity index (χ2n) is 8.35. The molecule has 2 aliphatic heterocycles. The summed E-state index contributed by atoms with van der Waals surface area (Å²) in [4.78, 5) is 2.31. The van der Waals surface area contributed by atoms with Gasteiger partial charge in [-0.25, -0.2) is 12.7 Å². The minimum absolute atomic E-state index is 0.242. The van der Waals surface area contributed by atoms with Crippen molar-refractivity contribution in [2.75, 3.05) is 39.0 Å². The van der Waals surface area contributed by atoms with E-state index in [2.05, 4.69) is 4.90 Å². The zero-order valence-corrected chi connectivity index (χ0v) is 18.5. The van der Waals surface area contributed by atoms with Crippen molar-refractivity contribution in [3.8, 4) is 5.75 Å². The van der Waals surface area contributed by atoms with Crippen LogP contribution < -0.4 is 4.74 Å². The number of halogens is 1. The number of ether oxygens (including phenoxy) is 1. The van der Waals surface area contributed by atoms with Gasteiger partial charge in [0.2, 0.25) is 10.0 Å². The summed E-state index contributed by atoms with van der Waals surface area (Å²) in [6, 6.07) is 4.12.